The number of hydrogen-bond donors (Lipinski definition) is 1. The van der Waals surface area contributed by atoms with Crippen LogP contribution in [0.1, 0.15) is 0 Å². The van der Waals surface area contributed by atoms with E-state index >= 15 is 0 Å². The quantitative estimate of drug-likeness (QED) is 0.298. The molecule has 23 heavy (non-hydrogen) atoms. The molecule has 0 aliphatic carbocycles. The van der Waals surface area contributed by atoms with Gasteiger partial charge in [-0.3, -0.25) is 0 Å². The summed E-state index contributed by atoms with van der Waals surface area (Å²) in [6.45, 7) is 0. The van der Waals surface area contributed by atoms with Crippen LogP contribution < -0.4 is 5.36 Å². The Morgan fingerprint density at radius 2 is 1.65 bits per heavy atom. The van der Waals surface area contributed by atoms with Crippen LogP contribution in [-0.4, -0.2) is 5.21 Å². The van der Waals surface area contributed by atoms with E-state index in [1.165, 1.54) is 0 Å². The van der Waals surface area contributed by atoms with Crippen molar-refractivity contribution >= 4 is 33.3 Å². The standard InChI is InChI=1S/C19H12ClNO2/c20-14-8-5-13(6-9-14)18-11-17(21-22)16-10-7-12-3-1-2-4-15(12)19(16)23-18/h1-11,22H/b21-17+. The Morgan fingerprint density at radius 3 is 2.43 bits per heavy atom. The van der Waals surface area contributed by atoms with Gasteiger partial charge in [-0.25, -0.2) is 0 Å². The van der Waals surface area contributed by atoms with E-state index < -0.39 is 0 Å². The molecule has 1 N–H and O–H groups in total. The molecule has 1 heterocycles. The second kappa shape index (κ2) is 5.45. The molecular formula is C19H12ClNO2. The van der Waals surface area contributed by atoms with E-state index in [0.29, 0.717) is 21.7 Å². The van der Waals surface area contributed by atoms with Crippen molar-refractivity contribution in [2.75, 3.05) is 0 Å². The van der Waals surface area contributed by atoms with Crippen LogP contribution in [0.3, 0.4) is 0 Å². The summed E-state index contributed by atoms with van der Waals surface area (Å²) in [5.74, 6) is 0.623. The SMILES string of the molecule is O/N=c1\cc(-c2ccc(Cl)cc2)oc2c1ccc1ccccc12. The molecule has 0 radical (unpaired) electrons. The Kier molecular flexibility index (Phi) is 3.28. The average Bonchev–Trinajstić information content (AvgIpc) is 2.61. The molecule has 3 nitrogen and oxygen atoms in total. The third-order valence-corrected chi connectivity index (χ3v) is 4.12. The Bertz CT molecular complexity index is 1080. The summed E-state index contributed by atoms with van der Waals surface area (Å²) < 4.78 is 6.13. The van der Waals surface area contributed by atoms with Gasteiger partial charge in [-0.15, -0.1) is 0 Å². The van der Waals surface area contributed by atoms with Crippen LogP contribution in [0.4, 0.5) is 0 Å². The van der Waals surface area contributed by atoms with Crippen molar-refractivity contribution in [1.82, 2.24) is 0 Å². The Labute approximate surface area is 137 Å². The van der Waals surface area contributed by atoms with Gasteiger partial charge in [-0.05, 0) is 35.7 Å². The first kappa shape index (κ1) is 13.9. The lowest BCUT2D eigenvalue weighted by Crippen LogP contribution is -2.03. The summed E-state index contributed by atoms with van der Waals surface area (Å²) in [7, 11) is 0. The maximum Gasteiger partial charge on any atom is 0.144 e. The van der Waals surface area contributed by atoms with Crippen molar-refractivity contribution in [2.24, 2.45) is 5.16 Å². The van der Waals surface area contributed by atoms with Crippen LogP contribution in [0, 0.1) is 0 Å². The summed E-state index contributed by atoms with van der Waals surface area (Å²) in [6.07, 6.45) is 0. The summed E-state index contributed by atoms with van der Waals surface area (Å²) in [6, 6.07) is 20.9. The van der Waals surface area contributed by atoms with Crippen LogP contribution in [0.5, 0.6) is 0 Å². The smallest absolute Gasteiger partial charge is 0.144 e. The topological polar surface area (TPSA) is 45.7 Å². The van der Waals surface area contributed by atoms with Gasteiger partial charge in [0, 0.05) is 27.4 Å². The summed E-state index contributed by atoms with van der Waals surface area (Å²) in [5.41, 5.74) is 1.57. The van der Waals surface area contributed by atoms with E-state index in [0.717, 1.165) is 21.7 Å². The van der Waals surface area contributed by atoms with Crippen molar-refractivity contribution in [3.63, 3.8) is 0 Å². The molecule has 0 aliphatic heterocycles. The van der Waals surface area contributed by atoms with Crippen molar-refractivity contribution < 1.29 is 9.62 Å². The summed E-state index contributed by atoms with van der Waals surface area (Å²) in [4.78, 5) is 0. The molecule has 112 valence electrons. The third-order valence-electron chi connectivity index (χ3n) is 3.87. The molecule has 4 rings (SSSR count). The molecule has 1 aromatic heterocycles. The van der Waals surface area contributed by atoms with E-state index in [2.05, 4.69) is 5.16 Å². The highest BCUT2D eigenvalue weighted by Gasteiger charge is 2.09. The Balaban J connectivity index is 2.11. The minimum Gasteiger partial charge on any atom is -0.455 e. The number of nitrogens with zero attached hydrogens (tertiary/aromatic N) is 1. The van der Waals surface area contributed by atoms with Gasteiger partial charge in [-0.1, -0.05) is 47.1 Å². The Hall–Kier alpha value is -2.78. The normalized spacial score (nSPS) is 12.1. The highest BCUT2D eigenvalue weighted by Crippen LogP contribution is 2.28. The number of hydrogen-bond acceptors (Lipinski definition) is 3. The van der Waals surface area contributed by atoms with E-state index in [1.807, 2.05) is 48.5 Å². The summed E-state index contributed by atoms with van der Waals surface area (Å²) >= 11 is 5.94. The predicted octanol–water partition coefficient (Wildman–Crippen LogP) is 5.20. The fourth-order valence-electron chi connectivity index (χ4n) is 2.74. The molecule has 4 aromatic rings. The molecule has 0 fully saturated rings. The number of halogens is 1. The van der Waals surface area contributed by atoms with Crippen LogP contribution in [0.2, 0.25) is 5.02 Å². The van der Waals surface area contributed by atoms with Gasteiger partial charge in [0.1, 0.15) is 16.7 Å². The number of benzene rings is 3. The lowest BCUT2D eigenvalue weighted by Gasteiger charge is -2.07. The fourth-order valence-corrected chi connectivity index (χ4v) is 2.86. The van der Waals surface area contributed by atoms with Gasteiger partial charge in [0.15, 0.2) is 0 Å². The van der Waals surface area contributed by atoms with Crippen molar-refractivity contribution in [1.29, 1.82) is 0 Å². The minimum atomic E-state index is 0.474. The van der Waals surface area contributed by atoms with Gasteiger partial charge in [0.05, 0.1) is 0 Å². The first-order chi connectivity index (χ1) is 11.3. The second-order valence-corrected chi connectivity index (χ2v) is 5.70. The fraction of sp³-hybridized carbons (Fsp3) is 0. The van der Waals surface area contributed by atoms with Crippen molar-refractivity contribution in [3.8, 4) is 11.3 Å². The second-order valence-electron chi connectivity index (χ2n) is 5.27. The molecule has 4 heteroatoms. The molecule has 0 aliphatic rings. The largest absolute Gasteiger partial charge is 0.455 e. The van der Waals surface area contributed by atoms with Crippen molar-refractivity contribution in [3.05, 3.63) is 77.1 Å². The van der Waals surface area contributed by atoms with Gasteiger partial charge in [-0.2, -0.15) is 0 Å². The van der Waals surface area contributed by atoms with E-state index in [1.54, 1.807) is 18.2 Å². The molecule has 0 spiro atoms. The van der Waals surface area contributed by atoms with E-state index in [9.17, 15) is 5.21 Å². The van der Waals surface area contributed by atoms with Crippen LogP contribution in [-0.2, 0) is 0 Å². The minimum absolute atomic E-state index is 0.474. The zero-order chi connectivity index (χ0) is 15.8. The van der Waals surface area contributed by atoms with Gasteiger partial charge < -0.3 is 9.62 Å². The molecule has 0 saturated heterocycles. The predicted molar refractivity (Wildman–Crippen MR) is 91.5 cm³/mol. The lowest BCUT2D eigenvalue weighted by atomic mass is 10.1. The molecule has 0 bridgehead atoms. The highest BCUT2D eigenvalue weighted by molar-refractivity contribution is 6.30. The van der Waals surface area contributed by atoms with Crippen LogP contribution in [0.25, 0.3) is 33.1 Å². The zero-order valence-electron chi connectivity index (χ0n) is 12.0. The first-order valence-electron chi connectivity index (χ1n) is 7.16. The molecule has 0 unspecified atom stereocenters. The molecule has 0 atom stereocenters. The zero-order valence-corrected chi connectivity index (χ0v) is 12.8. The summed E-state index contributed by atoms with van der Waals surface area (Å²) in [5, 5.41) is 16.8. The maximum absolute atomic E-state index is 9.39. The maximum atomic E-state index is 9.39. The van der Waals surface area contributed by atoms with Crippen LogP contribution in [0.15, 0.2) is 76.3 Å². The molecule has 3 aromatic carbocycles. The average molecular weight is 322 g/mol. The number of fused-ring (bicyclic) bond motifs is 3. The molecule has 0 amide bonds. The number of rotatable bonds is 1. The van der Waals surface area contributed by atoms with E-state index in [-0.39, 0.29) is 0 Å². The van der Waals surface area contributed by atoms with Crippen LogP contribution >= 0.6 is 11.6 Å². The first-order valence-corrected chi connectivity index (χ1v) is 7.54. The third kappa shape index (κ3) is 2.35. The molecule has 0 saturated carbocycles. The highest BCUT2D eigenvalue weighted by atomic mass is 35.5. The lowest BCUT2D eigenvalue weighted by molar-refractivity contribution is 0.302. The Morgan fingerprint density at radius 1 is 0.870 bits per heavy atom. The van der Waals surface area contributed by atoms with Gasteiger partial charge >= 0.3 is 0 Å². The monoisotopic (exact) mass is 321 g/mol. The van der Waals surface area contributed by atoms with Gasteiger partial charge in [0.2, 0.25) is 0 Å². The van der Waals surface area contributed by atoms with E-state index in [4.69, 9.17) is 16.0 Å². The van der Waals surface area contributed by atoms with Crippen molar-refractivity contribution in [2.45, 2.75) is 0 Å². The molecular weight excluding hydrogens is 310 g/mol. The van der Waals surface area contributed by atoms with Gasteiger partial charge in [0.25, 0.3) is 0 Å².